The molecule has 0 saturated heterocycles. The molecule has 4 rings (SSSR count). The quantitative estimate of drug-likeness (QED) is 0.534. The number of fused-ring (bicyclic) bond motifs is 1. The van der Waals surface area contributed by atoms with Gasteiger partial charge in [-0.3, -0.25) is 4.98 Å². The number of H-pyrrole nitrogens is 1. The van der Waals surface area contributed by atoms with E-state index < -0.39 is 0 Å². The molecule has 126 valence electrons. The van der Waals surface area contributed by atoms with Crippen molar-refractivity contribution in [3.05, 3.63) is 65.2 Å². The number of rotatable bonds is 4. The molecular weight excluding hydrogens is 361 g/mol. The molecule has 0 aliphatic heterocycles. The van der Waals surface area contributed by atoms with Crippen LogP contribution in [0.15, 0.2) is 48.3 Å². The Bertz CT molecular complexity index is 1040. The Morgan fingerprint density at radius 3 is 3.00 bits per heavy atom. The van der Waals surface area contributed by atoms with Crippen LogP contribution in [0.1, 0.15) is 11.3 Å². The highest BCUT2D eigenvalue weighted by molar-refractivity contribution is 7.98. The predicted octanol–water partition coefficient (Wildman–Crippen LogP) is 4.54. The number of aromatic nitrogens is 5. The van der Waals surface area contributed by atoms with Gasteiger partial charge in [-0.05, 0) is 24.6 Å². The molecule has 0 bridgehead atoms. The molecule has 3 heterocycles. The van der Waals surface area contributed by atoms with Crippen LogP contribution < -0.4 is 0 Å². The second-order valence-corrected chi connectivity index (χ2v) is 6.86. The van der Waals surface area contributed by atoms with Gasteiger partial charge in [0.05, 0.1) is 28.7 Å². The first-order chi connectivity index (χ1) is 12.1. The standard InChI is InChI=1S/C17H13ClFN5S/c1-10-11(18)2-3-21-15(10)8-25-17-22-13-6-12(19)16(7-14(13)23-17)24-5-4-20-9-24/h2-7,9H,8H2,1H3,(H,22,23). The van der Waals surface area contributed by atoms with Crippen LogP contribution in [0.5, 0.6) is 0 Å². The van der Waals surface area contributed by atoms with Gasteiger partial charge >= 0.3 is 0 Å². The molecule has 1 N–H and O–H groups in total. The largest absolute Gasteiger partial charge is 0.333 e. The van der Waals surface area contributed by atoms with Gasteiger partial charge in [0.2, 0.25) is 0 Å². The fourth-order valence-corrected chi connectivity index (χ4v) is 3.57. The van der Waals surface area contributed by atoms with Gasteiger partial charge in [-0.1, -0.05) is 23.4 Å². The maximum Gasteiger partial charge on any atom is 0.166 e. The van der Waals surface area contributed by atoms with Gasteiger partial charge in [0.25, 0.3) is 0 Å². The number of aromatic amines is 1. The maximum atomic E-state index is 14.3. The maximum absolute atomic E-state index is 14.3. The molecule has 5 nitrogen and oxygen atoms in total. The van der Waals surface area contributed by atoms with E-state index in [-0.39, 0.29) is 5.82 Å². The van der Waals surface area contributed by atoms with E-state index >= 15 is 0 Å². The summed E-state index contributed by atoms with van der Waals surface area (Å²) in [5.41, 5.74) is 3.63. The summed E-state index contributed by atoms with van der Waals surface area (Å²) in [5.74, 6) is 0.293. The zero-order valence-electron chi connectivity index (χ0n) is 13.2. The Morgan fingerprint density at radius 1 is 1.32 bits per heavy atom. The van der Waals surface area contributed by atoms with Gasteiger partial charge in [-0.25, -0.2) is 14.4 Å². The number of halogens is 2. The van der Waals surface area contributed by atoms with Crippen LogP contribution in [0.3, 0.4) is 0 Å². The Labute approximate surface area is 152 Å². The Morgan fingerprint density at radius 2 is 2.20 bits per heavy atom. The summed E-state index contributed by atoms with van der Waals surface area (Å²) < 4.78 is 15.9. The topological polar surface area (TPSA) is 59.4 Å². The Hall–Kier alpha value is -2.38. The van der Waals surface area contributed by atoms with Crippen molar-refractivity contribution in [1.82, 2.24) is 24.5 Å². The van der Waals surface area contributed by atoms with Crippen molar-refractivity contribution >= 4 is 34.4 Å². The summed E-state index contributed by atoms with van der Waals surface area (Å²) in [6.45, 7) is 1.94. The molecule has 0 fully saturated rings. The third kappa shape index (κ3) is 3.12. The van der Waals surface area contributed by atoms with Gasteiger partial charge in [0, 0.05) is 35.4 Å². The van der Waals surface area contributed by atoms with Crippen molar-refractivity contribution in [2.75, 3.05) is 0 Å². The summed E-state index contributed by atoms with van der Waals surface area (Å²) in [6, 6.07) is 4.92. The van der Waals surface area contributed by atoms with Gasteiger partial charge in [-0.2, -0.15) is 0 Å². The number of nitrogens with one attached hydrogen (secondary N) is 1. The third-order valence-electron chi connectivity index (χ3n) is 3.90. The minimum absolute atomic E-state index is 0.335. The van der Waals surface area contributed by atoms with Crippen molar-refractivity contribution in [3.8, 4) is 5.69 Å². The van der Waals surface area contributed by atoms with Crippen molar-refractivity contribution in [2.24, 2.45) is 0 Å². The van der Waals surface area contributed by atoms with Crippen LogP contribution in [-0.2, 0) is 5.75 Å². The van der Waals surface area contributed by atoms with E-state index in [2.05, 4.69) is 19.9 Å². The molecule has 25 heavy (non-hydrogen) atoms. The lowest BCUT2D eigenvalue weighted by molar-refractivity contribution is 0.619. The Balaban J connectivity index is 1.62. The zero-order chi connectivity index (χ0) is 17.4. The predicted molar refractivity (Wildman–Crippen MR) is 96.7 cm³/mol. The van der Waals surface area contributed by atoms with E-state index in [1.807, 2.05) is 6.92 Å². The molecule has 0 amide bonds. The van der Waals surface area contributed by atoms with Gasteiger partial charge < -0.3 is 9.55 Å². The average molecular weight is 374 g/mol. The highest BCUT2D eigenvalue weighted by Gasteiger charge is 2.12. The number of benzene rings is 1. The second-order valence-electron chi connectivity index (χ2n) is 5.49. The van der Waals surface area contributed by atoms with E-state index in [4.69, 9.17) is 11.6 Å². The minimum Gasteiger partial charge on any atom is -0.333 e. The van der Waals surface area contributed by atoms with Gasteiger partial charge in [0.1, 0.15) is 5.82 Å². The summed E-state index contributed by atoms with van der Waals surface area (Å²) in [4.78, 5) is 16.0. The van der Waals surface area contributed by atoms with Crippen LogP contribution >= 0.6 is 23.4 Å². The molecule has 1 aromatic carbocycles. The zero-order valence-corrected chi connectivity index (χ0v) is 14.8. The summed E-state index contributed by atoms with van der Waals surface area (Å²) in [7, 11) is 0. The lowest BCUT2D eigenvalue weighted by Gasteiger charge is -2.04. The first-order valence-corrected chi connectivity index (χ1v) is 8.88. The molecule has 0 saturated carbocycles. The minimum atomic E-state index is -0.335. The molecule has 0 unspecified atom stereocenters. The number of imidazole rings is 2. The van der Waals surface area contributed by atoms with Crippen LogP contribution in [0.25, 0.3) is 16.7 Å². The fourth-order valence-electron chi connectivity index (χ4n) is 2.50. The van der Waals surface area contributed by atoms with Crippen LogP contribution in [0, 0.1) is 12.7 Å². The van der Waals surface area contributed by atoms with Crippen molar-refractivity contribution < 1.29 is 4.39 Å². The molecular formula is C17H13ClFN5S. The van der Waals surface area contributed by atoms with Gasteiger partial charge in [-0.15, -0.1) is 0 Å². The molecule has 4 aromatic rings. The lowest BCUT2D eigenvalue weighted by atomic mass is 10.2. The summed E-state index contributed by atoms with van der Waals surface area (Å²) in [6.07, 6.45) is 6.55. The molecule has 0 atom stereocenters. The van der Waals surface area contributed by atoms with Crippen molar-refractivity contribution in [3.63, 3.8) is 0 Å². The number of pyridine rings is 1. The van der Waals surface area contributed by atoms with Crippen LogP contribution in [-0.4, -0.2) is 24.5 Å². The van der Waals surface area contributed by atoms with E-state index in [9.17, 15) is 4.39 Å². The molecule has 0 spiro atoms. The first kappa shape index (κ1) is 16.1. The fraction of sp³-hybridized carbons (Fsp3) is 0.118. The van der Waals surface area contributed by atoms with E-state index in [0.29, 0.717) is 32.7 Å². The lowest BCUT2D eigenvalue weighted by Crippen LogP contribution is -1.94. The smallest absolute Gasteiger partial charge is 0.166 e. The molecule has 8 heteroatoms. The molecule has 0 aliphatic carbocycles. The molecule has 3 aromatic heterocycles. The highest BCUT2D eigenvalue weighted by Crippen LogP contribution is 2.27. The van der Waals surface area contributed by atoms with E-state index in [1.165, 1.54) is 17.8 Å². The second kappa shape index (κ2) is 6.50. The van der Waals surface area contributed by atoms with Gasteiger partial charge in [0.15, 0.2) is 5.16 Å². The van der Waals surface area contributed by atoms with Crippen LogP contribution in [0.2, 0.25) is 5.02 Å². The van der Waals surface area contributed by atoms with Crippen LogP contribution in [0.4, 0.5) is 4.39 Å². The number of hydrogen-bond donors (Lipinski definition) is 1. The van der Waals surface area contributed by atoms with E-state index in [1.54, 1.807) is 41.6 Å². The summed E-state index contributed by atoms with van der Waals surface area (Å²) >= 11 is 7.62. The third-order valence-corrected chi connectivity index (χ3v) is 5.19. The SMILES string of the molecule is Cc1c(Cl)ccnc1CSc1nc2cc(-n3ccnc3)c(F)cc2[nH]1. The number of hydrogen-bond acceptors (Lipinski definition) is 4. The Kier molecular flexibility index (Phi) is 4.19. The molecule has 0 aliphatic rings. The highest BCUT2D eigenvalue weighted by atomic mass is 35.5. The molecule has 0 radical (unpaired) electrons. The first-order valence-electron chi connectivity index (χ1n) is 7.52. The number of thioether (sulfide) groups is 1. The normalized spacial score (nSPS) is 11.3. The monoisotopic (exact) mass is 373 g/mol. The van der Waals surface area contributed by atoms with Crippen molar-refractivity contribution in [1.29, 1.82) is 0 Å². The average Bonchev–Trinajstić information content (AvgIpc) is 3.24. The summed E-state index contributed by atoms with van der Waals surface area (Å²) in [5, 5.41) is 1.40. The van der Waals surface area contributed by atoms with Crippen molar-refractivity contribution in [2.45, 2.75) is 17.8 Å². The van der Waals surface area contributed by atoms with E-state index in [0.717, 1.165) is 11.3 Å². The number of nitrogens with zero attached hydrogens (tertiary/aromatic N) is 4.